The largest absolute Gasteiger partial charge is 0.334 e. The van der Waals surface area contributed by atoms with Crippen molar-refractivity contribution in [3.63, 3.8) is 0 Å². The quantitative estimate of drug-likeness (QED) is 0.673. The topological polar surface area (TPSA) is 65.9 Å². The van der Waals surface area contributed by atoms with Crippen LogP contribution >= 0.6 is 0 Å². The van der Waals surface area contributed by atoms with Crippen LogP contribution in [0.1, 0.15) is 25.8 Å². The van der Waals surface area contributed by atoms with Crippen LogP contribution in [0.15, 0.2) is 24.3 Å². The number of anilines is 1. The SMILES string of the molecule is CC[NH+](CC)CCNC(=O)N[C@H]1CC(=O)N(c2ccc(C)cc2)C1. The molecule has 1 fully saturated rings. The number of hydrogen-bond donors (Lipinski definition) is 3. The van der Waals surface area contributed by atoms with Crippen LogP contribution in [-0.4, -0.2) is 50.7 Å². The molecule has 3 amide bonds. The smallest absolute Gasteiger partial charge is 0.315 e. The lowest BCUT2D eigenvalue weighted by atomic mass is 10.2. The number of nitrogens with zero attached hydrogens (tertiary/aromatic N) is 1. The molecule has 1 aliphatic heterocycles. The Bertz CT molecular complexity index is 555. The molecule has 0 aromatic heterocycles. The van der Waals surface area contributed by atoms with E-state index in [0.717, 1.165) is 30.9 Å². The first kappa shape index (κ1) is 18.3. The van der Waals surface area contributed by atoms with Gasteiger partial charge in [-0.1, -0.05) is 17.7 Å². The van der Waals surface area contributed by atoms with Crippen molar-refractivity contribution in [3.05, 3.63) is 29.8 Å². The van der Waals surface area contributed by atoms with E-state index in [4.69, 9.17) is 0 Å². The lowest BCUT2D eigenvalue weighted by Gasteiger charge is -2.18. The molecule has 1 saturated heterocycles. The fraction of sp³-hybridized carbons (Fsp3) is 0.556. The third-order valence-corrected chi connectivity index (χ3v) is 4.57. The second kappa shape index (κ2) is 8.68. The first-order valence-corrected chi connectivity index (χ1v) is 8.78. The third-order valence-electron chi connectivity index (χ3n) is 4.57. The van der Waals surface area contributed by atoms with Crippen LogP contribution in [0.5, 0.6) is 0 Å². The average molecular weight is 333 g/mol. The molecule has 0 spiro atoms. The van der Waals surface area contributed by atoms with Gasteiger partial charge < -0.3 is 20.4 Å². The van der Waals surface area contributed by atoms with Crippen molar-refractivity contribution in [2.24, 2.45) is 0 Å². The Kier molecular flexibility index (Phi) is 6.61. The highest BCUT2D eigenvalue weighted by Crippen LogP contribution is 2.21. The predicted octanol–water partition coefficient (Wildman–Crippen LogP) is 0.324. The molecule has 0 unspecified atom stereocenters. The van der Waals surface area contributed by atoms with Gasteiger partial charge in [-0.15, -0.1) is 0 Å². The van der Waals surface area contributed by atoms with E-state index in [1.807, 2.05) is 31.2 Å². The molecule has 0 bridgehead atoms. The normalized spacial score (nSPS) is 17.4. The first-order valence-electron chi connectivity index (χ1n) is 8.78. The zero-order valence-electron chi connectivity index (χ0n) is 14.9. The van der Waals surface area contributed by atoms with E-state index in [1.165, 1.54) is 4.90 Å². The predicted molar refractivity (Wildman–Crippen MR) is 95.4 cm³/mol. The lowest BCUT2D eigenvalue weighted by molar-refractivity contribution is -0.895. The summed E-state index contributed by atoms with van der Waals surface area (Å²) in [5.74, 6) is 0.0525. The number of nitrogens with one attached hydrogen (secondary N) is 3. The monoisotopic (exact) mass is 333 g/mol. The van der Waals surface area contributed by atoms with Crippen molar-refractivity contribution in [3.8, 4) is 0 Å². The number of carbonyl (C=O) groups excluding carboxylic acids is 2. The minimum Gasteiger partial charge on any atom is -0.334 e. The van der Waals surface area contributed by atoms with Crippen LogP contribution in [0.2, 0.25) is 0 Å². The number of rotatable bonds is 7. The number of carbonyl (C=O) groups is 2. The second-order valence-corrected chi connectivity index (χ2v) is 6.35. The maximum atomic E-state index is 12.2. The summed E-state index contributed by atoms with van der Waals surface area (Å²) in [5.41, 5.74) is 2.05. The van der Waals surface area contributed by atoms with Crippen LogP contribution in [0, 0.1) is 6.92 Å². The third kappa shape index (κ3) is 4.96. The van der Waals surface area contributed by atoms with Crippen molar-refractivity contribution in [1.29, 1.82) is 0 Å². The molecule has 1 aromatic rings. The Morgan fingerprint density at radius 2 is 1.92 bits per heavy atom. The maximum absolute atomic E-state index is 12.2. The fourth-order valence-electron chi connectivity index (χ4n) is 2.97. The van der Waals surface area contributed by atoms with Crippen molar-refractivity contribution in [2.45, 2.75) is 33.2 Å². The van der Waals surface area contributed by atoms with Gasteiger partial charge in [0.1, 0.15) is 0 Å². The van der Waals surface area contributed by atoms with Crippen LogP contribution in [0.25, 0.3) is 0 Å². The molecule has 2 rings (SSSR count). The van der Waals surface area contributed by atoms with Gasteiger partial charge in [0.2, 0.25) is 5.91 Å². The highest BCUT2D eigenvalue weighted by molar-refractivity contribution is 5.96. The number of urea groups is 1. The van der Waals surface area contributed by atoms with Crippen LogP contribution in [-0.2, 0) is 4.79 Å². The van der Waals surface area contributed by atoms with Crippen LogP contribution in [0.4, 0.5) is 10.5 Å². The molecule has 3 N–H and O–H groups in total. The van der Waals surface area contributed by atoms with E-state index in [-0.39, 0.29) is 18.0 Å². The fourth-order valence-corrected chi connectivity index (χ4v) is 2.97. The van der Waals surface area contributed by atoms with Gasteiger partial charge in [-0.25, -0.2) is 4.79 Å². The zero-order valence-corrected chi connectivity index (χ0v) is 14.9. The molecule has 1 aromatic carbocycles. The molecule has 24 heavy (non-hydrogen) atoms. The summed E-state index contributed by atoms with van der Waals surface area (Å²) in [4.78, 5) is 27.4. The Labute approximate surface area is 144 Å². The van der Waals surface area contributed by atoms with E-state index in [2.05, 4.69) is 24.5 Å². The standard InChI is InChI=1S/C18H28N4O2/c1-4-21(5-2)11-10-19-18(24)20-15-12-17(23)22(13-15)16-8-6-14(3)7-9-16/h6-9,15H,4-5,10-13H2,1-3H3,(H2,19,20,24)/p+1/t15-/m0/s1. The highest BCUT2D eigenvalue weighted by Gasteiger charge is 2.31. The van der Waals surface area contributed by atoms with Gasteiger partial charge in [0.15, 0.2) is 0 Å². The first-order chi connectivity index (χ1) is 11.5. The number of amides is 3. The van der Waals surface area contributed by atoms with E-state index >= 15 is 0 Å². The van der Waals surface area contributed by atoms with Crippen LogP contribution < -0.4 is 20.4 Å². The molecule has 6 nitrogen and oxygen atoms in total. The van der Waals surface area contributed by atoms with Gasteiger partial charge in [-0.3, -0.25) is 4.79 Å². The number of hydrogen-bond acceptors (Lipinski definition) is 2. The Balaban J connectivity index is 1.79. The number of quaternary nitrogens is 1. The molecule has 0 aliphatic carbocycles. The summed E-state index contributed by atoms with van der Waals surface area (Å²) in [6, 6.07) is 7.55. The van der Waals surface area contributed by atoms with Gasteiger partial charge in [0.05, 0.1) is 32.2 Å². The Hall–Kier alpha value is -2.08. The number of aryl methyl sites for hydroxylation is 1. The number of likely N-dealkylation sites (N-methyl/N-ethyl adjacent to an activating group) is 1. The highest BCUT2D eigenvalue weighted by atomic mass is 16.2. The summed E-state index contributed by atoms with van der Waals surface area (Å²) in [6.07, 6.45) is 0.350. The van der Waals surface area contributed by atoms with Crippen molar-refractivity contribution in [1.82, 2.24) is 10.6 Å². The lowest BCUT2D eigenvalue weighted by Crippen LogP contribution is -3.12. The van der Waals surface area contributed by atoms with Gasteiger partial charge in [-0.05, 0) is 32.9 Å². The molecule has 132 valence electrons. The van der Waals surface area contributed by atoms with E-state index in [1.54, 1.807) is 4.90 Å². The average Bonchev–Trinajstić information content (AvgIpc) is 2.92. The van der Waals surface area contributed by atoms with Crippen molar-refractivity contribution in [2.75, 3.05) is 37.6 Å². The van der Waals surface area contributed by atoms with E-state index < -0.39 is 0 Å². The minimum atomic E-state index is -0.190. The Morgan fingerprint density at radius 1 is 1.25 bits per heavy atom. The maximum Gasteiger partial charge on any atom is 0.315 e. The summed E-state index contributed by atoms with van der Waals surface area (Å²) in [5, 5.41) is 5.79. The van der Waals surface area contributed by atoms with Crippen molar-refractivity contribution < 1.29 is 14.5 Å². The van der Waals surface area contributed by atoms with Gasteiger partial charge >= 0.3 is 6.03 Å². The summed E-state index contributed by atoms with van der Waals surface area (Å²) >= 11 is 0. The molecule has 1 aliphatic rings. The number of benzene rings is 1. The molecular weight excluding hydrogens is 304 g/mol. The van der Waals surface area contributed by atoms with Crippen molar-refractivity contribution >= 4 is 17.6 Å². The molecule has 0 saturated carbocycles. The van der Waals surface area contributed by atoms with Gasteiger partial charge in [0.25, 0.3) is 0 Å². The molecule has 1 atom stereocenters. The summed E-state index contributed by atoms with van der Waals surface area (Å²) in [6.45, 7) is 10.5. The minimum absolute atomic E-state index is 0.0525. The molecular formula is C18H29N4O2+. The van der Waals surface area contributed by atoms with Gasteiger partial charge in [-0.2, -0.15) is 0 Å². The zero-order chi connectivity index (χ0) is 17.5. The Morgan fingerprint density at radius 3 is 2.54 bits per heavy atom. The molecule has 0 radical (unpaired) electrons. The molecule has 6 heteroatoms. The summed E-state index contributed by atoms with van der Waals surface area (Å²) < 4.78 is 0. The van der Waals surface area contributed by atoms with E-state index in [0.29, 0.717) is 19.5 Å². The second-order valence-electron chi connectivity index (χ2n) is 6.35. The van der Waals surface area contributed by atoms with E-state index in [9.17, 15) is 9.59 Å². The molecule has 1 heterocycles. The van der Waals surface area contributed by atoms with Gasteiger partial charge in [0, 0.05) is 18.7 Å². The van der Waals surface area contributed by atoms with Crippen LogP contribution in [0.3, 0.4) is 0 Å². The summed E-state index contributed by atoms with van der Waals surface area (Å²) in [7, 11) is 0.